The number of amides is 1. The Labute approximate surface area is 221 Å². The Hall–Kier alpha value is -3.08. The smallest absolute Gasteiger partial charge is 0.419 e. The first kappa shape index (κ1) is 29.5. The van der Waals surface area contributed by atoms with Crippen LogP contribution in [-0.4, -0.2) is 53.1 Å². The van der Waals surface area contributed by atoms with Gasteiger partial charge in [0.25, 0.3) is 0 Å². The Morgan fingerprint density at radius 1 is 1.16 bits per heavy atom. The topological polar surface area (TPSA) is 94.6 Å². The molecule has 210 valence electrons. The first-order chi connectivity index (χ1) is 17.6. The highest BCUT2D eigenvalue weighted by molar-refractivity contribution is 5.69. The van der Waals surface area contributed by atoms with Gasteiger partial charge in [0.05, 0.1) is 29.4 Å². The lowest BCUT2D eigenvalue weighted by atomic mass is 9.91. The standard InChI is InChI=1S/C27H37F3N4O4/c1-17(2)13-26(6,34-24(35)38-25(3,4)5)15-37-22-8-7-18(11-20(22)27(28,29)30)21-12-23(32-16-31-21)33-19-9-10-36-14-19/h7-8,11-12,16-17,19H,9-10,13-15H2,1-6H3,(H,34,35)(H,31,32,33). The fourth-order valence-electron chi connectivity index (χ4n) is 4.32. The van der Waals surface area contributed by atoms with Crippen LogP contribution >= 0.6 is 0 Å². The van der Waals surface area contributed by atoms with Gasteiger partial charge in [0, 0.05) is 18.2 Å². The Morgan fingerprint density at radius 2 is 1.89 bits per heavy atom. The van der Waals surface area contributed by atoms with E-state index in [2.05, 4.69) is 20.6 Å². The summed E-state index contributed by atoms with van der Waals surface area (Å²) in [6.07, 6.45) is -2.73. The number of anilines is 1. The summed E-state index contributed by atoms with van der Waals surface area (Å²) in [4.78, 5) is 20.8. The molecular formula is C27H37F3N4O4. The van der Waals surface area contributed by atoms with E-state index in [4.69, 9.17) is 14.2 Å². The summed E-state index contributed by atoms with van der Waals surface area (Å²) >= 11 is 0. The lowest BCUT2D eigenvalue weighted by Gasteiger charge is -2.33. The zero-order valence-electron chi connectivity index (χ0n) is 22.7. The molecule has 0 bridgehead atoms. The van der Waals surface area contributed by atoms with Crippen molar-refractivity contribution < 1.29 is 32.2 Å². The molecule has 2 N–H and O–H groups in total. The maximum absolute atomic E-state index is 14.1. The quantitative estimate of drug-likeness (QED) is 0.400. The summed E-state index contributed by atoms with van der Waals surface area (Å²) in [7, 11) is 0. The fraction of sp³-hybridized carbons (Fsp3) is 0.593. The maximum Gasteiger partial charge on any atom is 0.419 e. The molecule has 38 heavy (non-hydrogen) atoms. The van der Waals surface area contributed by atoms with Crippen LogP contribution in [0.4, 0.5) is 23.8 Å². The van der Waals surface area contributed by atoms with Gasteiger partial charge in [-0.1, -0.05) is 13.8 Å². The summed E-state index contributed by atoms with van der Waals surface area (Å²) in [5.41, 5.74) is -2.00. The van der Waals surface area contributed by atoms with Gasteiger partial charge in [-0.2, -0.15) is 13.2 Å². The van der Waals surface area contributed by atoms with Crippen LogP contribution in [-0.2, 0) is 15.7 Å². The van der Waals surface area contributed by atoms with Gasteiger partial charge in [0.15, 0.2) is 0 Å². The highest BCUT2D eigenvalue weighted by Crippen LogP contribution is 2.39. The van der Waals surface area contributed by atoms with E-state index >= 15 is 0 Å². The van der Waals surface area contributed by atoms with Gasteiger partial charge in [-0.25, -0.2) is 14.8 Å². The average Bonchev–Trinajstić information content (AvgIpc) is 3.28. The van der Waals surface area contributed by atoms with Crippen molar-refractivity contribution in [2.24, 2.45) is 5.92 Å². The highest BCUT2D eigenvalue weighted by Gasteiger charge is 2.37. The minimum atomic E-state index is -4.67. The van der Waals surface area contributed by atoms with Crippen LogP contribution in [0.15, 0.2) is 30.6 Å². The molecule has 3 rings (SSSR count). The monoisotopic (exact) mass is 538 g/mol. The van der Waals surface area contributed by atoms with Gasteiger partial charge in [-0.15, -0.1) is 0 Å². The van der Waals surface area contributed by atoms with Crippen molar-refractivity contribution in [1.29, 1.82) is 0 Å². The van der Waals surface area contributed by atoms with Gasteiger partial charge in [0.2, 0.25) is 0 Å². The molecule has 1 aromatic heterocycles. The Bertz CT molecular complexity index is 1100. The van der Waals surface area contributed by atoms with Crippen LogP contribution in [0, 0.1) is 5.92 Å². The van der Waals surface area contributed by atoms with Crippen LogP contribution < -0.4 is 15.4 Å². The van der Waals surface area contributed by atoms with Crippen molar-refractivity contribution in [1.82, 2.24) is 15.3 Å². The van der Waals surface area contributed by atoms with Crippen LogP contribution in [0.5, 0.6) is 5.75 Å². The second-order valence-electron chi connectivity index (χ2n) is 11.3. The van der Waals surface area contributed by atoms with E-state index < -0.39 is 29.0 Å². The van der Waals surface area contributed by atoms with Gasteiger partial charge in [0.1, 0.15) is 30.1 Å². The number of ether oxygens (including phenoxy) is 3. The van der Waals surface area contributed by atoms with Crippen molar-refractivity contribution >= 4 is 11.9 Å². The van der Waals surface area contributed by atoms with Crippen molar-refractivity contribution in [2.45, 2.75) is 77.7 Å². The zero-order valence-corrected chi connectivity index (χ0v) is 22.7. The molecule has 0 radical (unpaired) electrons. The molecule has 2 unspecified atom stereocenters. The summed E-state index contributed by atoms with van der Waals surface area (Å²) < 4.78 is 58.7. The normalized spacial score (nSPS) is 17.7. The van der Waals surface area contributed by atoms with E-state index in [-0.39, 0.29) is 29.9 Å². The summed E-state index contributed by atoms with van der Waals surface area (Å²) in [5, 5.41) is 6.00. The number of benzene rings is 1. The number of hydrogen-bond acceptors (Lipinski definition) is 7. The maximum atomic E-state index is 14.1. The number of alkyl carbamates (subject to hydrolysis) is 1. The molecule has 0 saturated carbocycles. The number of aromatic nitrogens is 2. The van der Waals surface area contributed by atoms with E-state index in [9.17, 15) is 18.0 Å². The van der Waals surface area contributed by atoms with Crippen molar-refractivity contribution in [3.05, 3.63) is 36.2 Å². The highest BCUT2D eigenvalue weighted by atomic mass is 19.4. The molecule has 1 aliphatic rings. The summed E-state index contributed by atoms with van der Waals surface area (Å²) in [6, 6.07) is 5.52. The van der Waals surface area contributed by atoms with E-state index in [1.165, 1.54) is 18.5 Å². The third kappa shape index (κ3) is 8.75. The molecule has 1 aromatic carbocycles. The molecule has 8 nitrogen and oxygen atoms in total. The van der Waals surface area contributed by atoms with Crippen molar-refractivity contribution in [3.8, 4) is 17.0 Å². The number of nitrogens with zero attached hydrogens (tertiary/aromatic N) is 2. The van der Waals surface area contributed by atoms with E-state index in [0.717, 1.165) is 12.5 Å². The Morgan fingerprint density at radius 3 is 2.50 bits per heavy atom. The van der Waals surface area contributed by atoms with Gasteiger partial charge < -0.3 is 24.8 Å². The third-order valence-corrected chi connectivity index (χ3v) is 5.74. The van der Waals surface area contributed by atoms with E-state index in [0.29, 0.717) is 31.1 Å². The molecule has 11 heteroatoms. The summed E-state index contributed by atoms with van der Waals surface area (Å²) in [6.45, 7) is 11.9. The van der Waals surface area contributed by atoms with Crippen LogP contribution in [0.2, 0.25) is 0 Å². The van der Waals surface area contributed by atoms with Gasteiger partial charge >= 0.3 is 12.3 Å². The Balaban J connectivity index is 1.82. The molecule has 1 aliphatic heterocycles. The predicted molar refractivity (Wildman–Crippen MR) is 138 cm³/mol. The molecule has 1 fully saturated rings. The van der Waals surface area contributed by atoms with Gasteiger partial charge in [-0.05, 0) is 64.7 Å². The SMILES string of the molecule is CC(C)CC(C)(COc1ccc(-c2cc(NC3CCOC3)ncn2)cc1C(F)(F)F)NC(=O)OC(C)(C)C. The number of nitrogens with one attached hydrogen (secondary N) is 2. The minimum Gasteiger partial charge on any atom is -0.491 e. The number of carbonyl (C=O) groups excluding carboxylic acids is 1. The van der Waals surface area contributed by atoms with Gasteiger partial charge in [-0.3, -0.25) is 0 Å². The van der Waals surface area contributed by atoms with E-state index in [1.54, 1.807) is 33.8 Å². The zero-order chi connectivity index (χ0) is 28.1. The predicted octanol–water partition coefficient (Wildman–Crippen LogP) is 6.07. The number of carbonyl (C=O) groups is 1. The summed E-state index contributed by atoms with van der Waals surface area (Å²) in [5.74, 6) is 0.314. The van der Waals surface area contributed by atoms with Crippen LogP contribution in [0.1, 0.15) is 59.9 Å². The fourth-order valence-corrected chi connectivity index (χ4v) is 4.32. The molecular weight excluding hydrogens is 501 g/mol. The van der Waals surface area contributed by atoms with E-state index in [1.807, 2.05) is 13.8 Å². The largest absolute Gasteiger partial charge is 0.491 e. The third-order valence-electron chi connectivity index (χ3n) is 5.74. The molecule has 2 aromatic rings. The first-order valence-electron chi connectivity index (χ1n) is 12.7. The van der Waals surface area contributed by atoms with Crippen molar-refractivity contribution in [2.75, 3.05) is 25.1 Å². The number of halogens is 3. The Kier molecular flexibility index (Phi) is 9.12. The van der Waals surface area contributed by atoms with Crippen molar-refractivity contribution in [3.63, 3.8) is 0 Å². The number of rotatable bonds is 9. The minimum absolute atomic E-state index is 0.0914. The molecule has 2 heterocycles. The molecule has 0 spiro atoms. The van der Waals surface area contributed by atoms with Crippen LogP contribution in [0.3, 0.4) is 0 Å². The lowest BCUT2D eigenvalue weighted by Crippen LogP contribution is -2.52. The molecule has 0 aliphatic carbocycles. The second-order valence-corrected chi connectivity index (χ2v) is 11.3. The second kappa shape index (κ2) is 11.8. The number of hydrogen-bond donors (Lipinski definition) is 2. The first-order valence-corrected chi connectivity index (χ1v) is 12.7. The van der Waals surface area contributed by atoms with Crippen LogP contribution in [0.25, 0.3) is 11.3 Å². The molecule has 1 amide bonds. The molecule has 2 atom stereocenters. The number of alkyl halides is 3. The lowest BCUT2D eigenvalue weighted by molar-refractivity contribution is -0.139. The average molecular weight is 539 g/mol. The molecule has 1 saturated heterocycles.